The van der Waals surface area contributed by atoms with Crippen LogP contribution < -0.4 is 10.6 Å². The minimum atomic E-state index is -0.833. The van der Waals surface area contributed by atoms with Crippen molar-refractivity contribution in [2.24, 2.45) is 0 Å². The zero-order valence-electron chi connectivity index (χ0n) is 15.7. The van der Waals surface area contributed by atoms with Crippen LogP contribution in [0.3, 0.4) is 0 Å². The van der Waals surface area contributed by atoms with Gasteiger partial charge >= 0.3 is 0 Å². The van der Waals surface area contributed by atoms with Crippen molar-refractivity contribution >= 4 is 29.2 Å². The second-order valence-corrected chi connectivity index (χ2v) is 7.06. The number of carboxylic acid groups (broad SMARTS) is 1. The molecule has 0 heterocycles. The van der Waals surface area contributed by atoms with E-state index in [1.807, 2.05) is 24.3 Å². The average Bonchev–Trinajstić information content (AvgIpc) is 2.63. The summed E-state index contributed by atoms with van der Waals surface area (Å²) in [5.74, 6) is -0.833. The lowest BCUT2D eigenvalue weighted by atomic mass is 10.2. The van der Waals surface area contributed by atoms with Crippen LogP contribution in [0.4, 0.5) is 0 Å². The summed E-state index contributed by atoms with van der Waals surface area (Å²) >= 11 is 11.7. The Kier molecular flexibility index (Phi) is 12.6. The highest BCUT2D eigenvalue weighted by atomic mass is 35.5. The largest absolute Gasteiger partial charge is 0.481 e. The predicted molar refractivity (Wildman–Crippen MR) is 113 cm³/mol. The van der Waals surface area contributed by atoms with Gasteiger partial charge in [-0.15, -0.1) is 0 Å². The lowest BCUT2D eigenvalue weighted by Gasteiger charge is -2.07. The van der Waals surface area contributed by atoms with Gasteiger partial charge in [0, 0.05) is 30.1 Å². The van der Waals surface area contributed by atoms with Gasteiger partial charge in [0.2, 0.25) is 0 Å². The van der Waals surface area contributed by atoms with Gasteiger partial charge in [0.15, 0.2) is 0 Å². The molecule has 0 unspecified atom stereocenters. The molecule has 0 aliphatic heterocycles. The van der Waals surface area contributed by atoms with Crippen molar-refractivity contribution < 1.29 is 9.90 Å². The first kappa shape index (κ1) is 23.4. The van der Waals surface area contributed by atoms with Gasteiger partial charge < -0.3 is 15.7 Å². The van der Waals surface area contributed by atoms with Crippen molar-refractivity contribution in [1.82, 2.24) is 10.6 Å². The van der Waals surface area contributed by atoms with Gasteiger partial charge in [-0.3, -0.25) is 4.79 Å². The summed E-state index contributed by atoms with van der Waals surface area (Å²) in [7, 11) is 0. The van der Waals surface area contributed by atoms with Crippen LogP contribution in [-0.4, -0.2) is 24.2 Å². The van der Waals surface area contributed by atoms with Gasteiger partial charge in [-0.05, 0) is 61.3 Å². The highest BCUT2D eigenvalue weighted by molar-refractivity contribution is 6.30. The van der Waals surface area contributed by atoms with Crippen LogP contribution in [0.15, 0.2) is 48.5 Å². The number of halogens is 2. The molecule has 0 atom stereocenters. The third-order valence-electron chi connectivity index (χ3n) is 3.69. The van der Waals surface area contributed by atoms with Crippen LogP contribution >= 0.6 is 23.2 Å². The molecule has 0 aromatic heterocycles. The Morgan fingerprint density at radius 3 is 1.44 bits per heavy atom. The van der Waals surface area contributed by atoms with E-state index in [1.165, 1.54) is 30.4 Å². The number of rotatable bonds is 10. The van der Waals surface area contributed by atoms with Crippen molar-refractivity contribution in [2.75, 3.05) is 13.1 Å². The maximum absolute atomic E-state index is 9.00. The monoisotopic (exact) mass is 410 g/mol. The number of aliphatic carboxylic acids is 1. The van der Waals surface area contributed by atoms with E-state index in [2.05, 4.69) is 34.9 Å². The van der Waals surface area contributed by atoms with E-state index in [-0.39, 0.29) is 0 Å². The zero-order chi connectivity index (χ0) is 19.9. The van der Waals surface area contributed by atoms with Crippen molar-refractivity contribution in [1.29, 1.82) is 0 Å². The summed E-state index contributed by atoms with van der Waals surface area (Å²) in [6, 6.07) is 16.0. The minimum Gasteiger partial charge on any atom is -0.481 e. The molecule has 0 aliphatic rings. The first-order valence-electron chi connectivity index (χ1n) is 9.07. The number of carbonyl (C=O) groups is 1. The third-order valence-corrected chi connectivity index (χ3v) is 4.20. The summed E-state index contributed by atoms with van der Waals surface area (Å²) in [6.07, 6.45) is 3.65. The minimum absolute atomic E-state index is 0.792. The van der Waals surface area contributed by atoms with E-state index in [9.17, 15) is 0 Å². The lowest BCUT2D eigenvalue weighted by molar-refractivity contribution is -0.134. The molecule has 148 valence electrons. The van der Waals surface area contributed by atoms with Crippen molar-refractivity contribution in [3.63, 3.8) is 0 Å². The Labute approximate surface area is 171 Å². The molecule has 0 saturated carbocycles. The summed E-state index contributed by atoms with van der Waals surface area (Å²) in [5.41, 5.74) is 2.55. The second kappa shape index (κ2) is 14.5. The van der Waals surface area contributed by atoms with Crippen LogP contribution in [0.5, 0.6) is 0 Å². The highest BCUT2D eigenvalue weighted by Gasteiger charge is 1.95. The molecule has 0 spiro atoms. The molecular formula is C21H28Cl2N2O2. The fourth-order valence-corrected chi connectivity index (χ4v) is 2.60. The van der Waals surface area contributed by atoms with Crippen LogP contribution in [0, 0.1) is 0 Å². The number of benzene rings is 2. The molecule has 2 aromatic carbocycles. The van der Waals surface area contributed by atoms with E-state index in [0.29, 0.717) is 0 Å². The fourth-order valence-electron chi connectivity index (χ4n) is 2.35. The summed E-state index contributed by atoms with van der Waals surface area (Å²) < 4.78 is 0. The number of hydrogen-bond acceptors (Lipinski definition) is 3. The van der Waals surface area contributed by atoms with E-state index in [4.69, 9.17) is 33.1 Å². The van der Waals surface area contributed by atoms with E-state index in [0.717, 1.165) is 43.1 Å². The SMILES string of the molecule is CC(=O)O.Clc1ccc(CNCCCCCNCc2ccc(Cl)cc2)cc1. The van der Waals surface area contributed by atoms with Crippen molar-refractivity contribution in [3.8, 4) is 0 Å². The van der Waals surface area contributed by atoms with Crippen molar-refractivity contribution in [2.45, 2.75) is 39.3 Å². The molecule has 0 saturated heterocycles. The Bertz CT molecular complexity index is 591. The Hall–Kier alpha value is -1.59. The summed E-state index contributed by atoms with van der Waals surface area (Å²) in [4.78, 5) is 9.00. The van der Waals surface area contributed by atoms with E-state index < -0.39 is 5.97 Å². The average molecular weight is 411 g/mol. The molecule has 0 amide bonds. The fraction of sp³-hybridized carbons (Fsp3) is 0.381. The molecule has 3 N–H and O–H groups in total. The van der Waals surface area contributed by atoms with Crippen LogP contribution in [0.1, 0.15) is 37.3 Å². The molecule has 2 aromatic rings. The molecule has 4 nitrogen and oxygen atoms in total. The molecule has 0 fully saturated rings. The Morgan fingerprint density at radius 1 is 0.778 bits per heavy atom. The Morgan fingerprint density at radius 2 is 1.11 bits per heavy atom. The highest BCUT2D eigenvalue weighted by Crippen LogP contribution is 2.10. The zero-order valence-corrected chi connectivity index (χ0v) is 17.2. The predicted octanol–water partition coefficient (Wildman–Crippen LogP) is 5.13. The van der Waals surface area contributed by atoms with Crippen LogP contribution in [0.2, 0.25) is 10.0 Å². The van der Waals surface area contributed by atoms with Gasteiger partial charge in [0.1, 0.15) is 0 Å². The van der Waals surface area contributed by atoms with Gasteiger partial charge in [0.25, 0.3) is 5.97 Å². The van der Waals surface area contributed by atoms with Gasteiger partial charge in [-0.2, -0.15) is 0 Å². The van der Waals surface area contributed by atoms with E-state index in [1.54, 1.807) is 0 Å². The topological polar surface area (TPSA) is 61.4 Å². The third kappa shape index (κ3) is 13.3. The Balaban J connectivity index is 0.000000828. The smallest absolute Gasteiger partial charge is 0.300 e. The van der Waals surface area contributed by atoms with Crippen LogP contribution in [-0.2, 0) is 17.9 Å². The normalized spacial score (nSPS) is 10.2. The second-order valence-electron chi connectivity index (χ2n) is 6.19. The first-order chi connectivity index (χ1) is 13.0. The molecular weight excluding hydrogens is 383 g/mol. The van der Waals surface area contributed by atoms with Gasteiger partial charge in [-0.25, -0.2) is 0 Å². The number of unbranched alkanes of at least 4 members (excludes halogenated alkanes) is 2. The van der Waals surface area contributed by atoms with Crippen molar-refractivity contribution in [3.05, 3.63) is 69.7 Å². The molecule has 0 aliphatic carbocycles. The molecule has 0 bridgehead atoms. The molecule has 0 radical (unpaired) electrons. The van der Waals surface area contributed by atoms with Gasteiger partial charge in [0.05, 0.1) is 0 Å². The molecule has 2 rings (SSSR count). The maximum atomic E-state index is 9.00. The van der Waals surface area contributed by atoms with Gasteiger partial charge in [-0.1, -0.05) is 53.9 Å². The quantitative estimate of drug-likeness (QED) is 0.474. The molecule has 27 heavy (non-hydrogen) atoms. The maximum Gasteiger partial charge on any atom is 0.300 e. The standard InChI is InChI=1S/C19H24Cl2N2.C2H4O2/c20-18-8-4-16(5-9-18)14-22-12-2-1-3-13-23-15-17-6-10-19(21)11-7-17;1-2(3)4/h4-11,22-23H,1-3,12-15H2;1H3,(H,3,4). The first-order valence-corrected chi connectivity index (χ1v) is 9.83. The number of nitrogens with one attached hydrogen (secondary N) is 2. The lowest BCUT2D eigenvalue weighted by Crippen LogP contribution is -2.17. The van der Waals surface area contributed by atoms with E-state index >= 15 is 0 Å². The summed E-state index contributed by atoms with van der Waals surface area (Å²) in [5, 5.41) is 15.9. The number of hydrogen-bond donors (Lipinski definition) is 3. The van der Waals surface area contributed by atoms with Crippen LogP contribution in [0.25, 0.3) is 0 Å². The summed E-state index contributed by atoms with van der Waals surface area (Å²) in [6.45, 7) is 5.01. The molecule has 6 heteroatoms. The number of carboxylic acids is 1.